The molecule has 1 aromatic rings. The summed E-state index contributed by atoms with van der Waals surface area (Å²) in [4.78, 5) is 0. The molecular weight excluding hydrogens is 219 g/mol. The van der Waals surface area contributed by atoms with Gasteiger partial charge in [0.25, 0.3) is 0 Å². The fourth-order valence-corrected chi connectivity index (χ4v) is 1.36. The van der Waals surface area contributed by atoms with Gasteiger partial charge in [-0.3, -0.25) is 0 Å². The molecular formula is C11H14F3NO. The van der Waals surface area contributed by atoms with E-state index in [1.54, 1.807) is 26.0 Å². The molecule has 90 valence electrons. The van der Waals surface area contributed by atoms with E-state index in [2.05, 4.69) is 4.74 Å². The van der Waals surface area contributed by atoms with Crippen molar-refractivity contribution in [2.75, 3.05) is 0 Å². The Bertz CT molecular complexity index is 320. The van der Waals surface area contributed by atoms with Crippen LogP contribution in [0.25, 0.3) is 0 Å². The molecule has 1 aromatic carbocycles. The molecule has 2 N–H and O–H groups in total. The Morgan fingerprint density at radius 2 is 1.75 bits per heavy atom. The molecule has 0 aliphatic heterocycles. The van der Waals surface area contributed by atoms with Crippen molar-refractivity contribution in [3.05, 3.63) is 29.8 Å². The van der Waals surface area contributed by atoms with Crippen LogP contribution in [-0.2, 0) is 6.42 Å². The Labute approximate surface area is 92.2 Å². The number of halogens is 3. The maximum Gasteiger partial charge on any atom is 0.573 e. The van der Waals surface area contributed by atoms with Gasteiger partial charge < -0.3 is 10.5 Å². The van der Waals surface area contributed by atoms with Crippen LogP contribution in [0.3, 0.4) is 0 Å². The smallest absolute Gasteiger partial charge is 0.406 e. The summed E-state index contributed by atoms with van der Waals surface area (Å²) < 4.78 is 40.2. The number of hydrogen-bond donors (Lipinski definition) is 1. The highest BCUT2D eigenvalue weighted by atomic mass is 19.4. The number of hydrogen-bond acceptors (Lipinski definition) is 2. The number of para-hydroxylation sites is 1. The van der Waals surface area contributed by atoms with E-state index >= 15 is 0 Å². The molecule has 0 heterocycles. The third kappa shape index (κ3) is 4.53. The predicted octanol–water partition coefficient (Wildman–Crippen LogP) is 2.87. The lowest BCUT2D eigenvalue weighted by molar-refractivity contribution is -0.274. The van der Waals surface area contributed by atoms with Crippen LogP contribution >= 0.6 is 0 Å². The number of ether oxygens (including phenoxy) is 1. The quantitative estimate of drug-likeness (QED) is 0.871. The predicted molar refractivity (Wildman–Crippen MR) is 55.1 cm³/mol. The molecule has 0 radical (unpaired) electrons. The molecule has 16 heavy (non-hydrogen) atoms. The van der Waals surface area contributed by atoms with Gasteiger partial charge in [0, 0.05) is 5.54 Å². The molecule has 0 aliphatic carbocycles. The van der Waals surface area contributed by atoms with Crippen LogP contribution in [0.2, 0.25) is 0 Å². The minimum atomic E-state index is -4.67. The molecule has 5 heteroatoms. The van der Waals surface area contributed by atoms with Crippen LogP contribution in [0.15, 0.2) is 24.3 Å². The Kier molecular flexibility index (Phi) is 3.48. The van der Waals surface area contributed by atoms with E-state index in [4.69, 9.17) is 5.73 Å². The average Bonchev–Trinajstić information content (AvgIpc) is 2.03. The molecule has 1 rings (SSSR count). The minimum absolute atomic E-state index is 0.187. The lowest BCUT2D eigenvalue weighted by Gasteiger charge is -2.20. The summed E-state index contributed by atoms with van der Waals surface area (Å²) in [7, 11) is 0. The standard InChI is InChI=1S/C11H14F3NO/c1-10(2,15)7-8-5-3-4-6-9(8)16-11(12,13)14/h3-6H,7,15H2,1-2H3. The van der Waals surface area contributed by atoms with Gasteiger partial charge in [-0.25, -0.2) is 0 Å². The van der Waals surface area contributed by atoms with Gasteiger partial charge in [0.2, 0.25) is 0 Å². The van der Waals surface area contributed by atoms with E-state index in [0.29, 0.717) is 12.0 Å². The molecule has 0 spiro atoms. The van der Waals surface area contributed by atoms with Gasteiger partial charge >= 0.3 is 6.36 Å². The Balaban J connectivity index is 2.92. The van der Waals surface area contributed by atoms with Crippen molar-refractivity contribution < 1.29 is 17.9 Å². The summed E-state index contributed by atoms with van der Waals surface area (Å²) in [5, 5.41) is 0. The van der Waals surface area contributed by atoms with Crippen LogP contribution in [-0.4, -0.2) is 11.9 Å². The SMILES string of the molecule is CC(C)(N)Cc1ccccc1OC(F)(F)F. The van der Waals surface area contributed by atoms with Gasteiger partial charge in [0.15, 0.2) is 0 Å². The van der Waals surface area contributed by atoms with Crippen molar-refractivity contribution in [3.63, 3.8) is 0 Å². The first-order valence-electron chi connectivity index (χ1n) is 4.80. The summed E-state index contributed by atoms with van der Waals surface area (Å²) in [5.41, 5.74) is 5.64. The van der Waals surface area contributed by atoms with Crippen molar-refractivity contribution in [1.82, 2.24) is 0 Å². The van der Waals surface area contributed by atoms with E-state index in [-0.39, 0.29) is 5.75 Å². The molecule has 0 fully saturated rings. The van der Waals surface area contributed by atoms with Crippen molar-refractivity contribution in [1.29, 1.82) is 0 Å². The first-order valence-corrected chi connectivity index (χ1v) is 4.80. The fourth-order valence-electron chi connectivity index (χ4n) is 1.36. The lowest BCUT2D eigenvalue weighted by atomic mass is 9.96. The zero-order chi connectivity index (χ0) is 12.4. The maximum absolute atomic E-state index is 12.1. The summed E-state index contributed by atoms with van der Waals surface area (Å²) in [5.74, 6) is -0.187. The second kappa shape index (κ2) is 4.33. The van der Waals surface area contributed by atoms with Crippen LogP contribution in [0.5, 0.6) is 5.75 Å². The van der Waals surface area contributed by atoms with Crippen molar-refractivity contribution >= 4 is 0 Å². The molecule has 0 amide bonds. The lowest BCUT2D eigenvalue weighted by Crippen LogP contribution is -2.34. The molecule has 0 atom stereocenters. The fraction of sp³-hybridized carbons (Fsp3) is 0.455. The van der Waals surface area contributed by atoms with Gasteiger partial charge in [-0.15, -0.1) is 13.2 Å². The van der Waals surface area contributed by atoms with Gasteiger partial charge in [-0.2, -0.15) is 0 Å². The van der Waals surface area contributed by atoms with Gasteiger partial charge in [0.05, 0.1) is 0 Å². The molecule has 2 nitrogen and oxygen atoms in total. The maximum atomic E-state index is 12.1. The second-order valence-electron chi connectivity index (χ2n) is 4.32. The molecule has 0 saturated heterocycles. The Hall–Kier alpha value is -1.23. The highest BCUT2D eigenvalue weighted by molar-refractivity contribution is 5.34. The monoisotopic (exact) mass is 233 g/mol. The van der Waals surface area contributed by atoms with Crippen molar-refractivity contribution in [2.24, 2.45) is 5.73 Å². The van der Waals surface area contributed by atoms with E-state index in [9.17, 15) is 13.2 Å². The summed E-state index contributed by atoms with van der Waals surface area (Å²) in [6.07, 6.45) is -4.35. The summed E-state index contributed by atoms with van der Waals surface area (Å²) in [6, 6.07) is 6.02. The van der Waals surface area contributed by atoms with Crippen LogP contribution < -0.4 is 10.5 Å². The van der Waals surface area contributed by atoms with Gasteiger partial charge in [-0.05, 0) is 31.9 Å². The highest BCUT2D eigenvalue weighted by Gasteiger charge is 2.32. The zero-order valence-corrected chi connectivity index (χ0v) is 9.14. The van der Waals surface area contributed by atoms with Gasteiger partial charge in [0.1, 0.15) is 5.75 Å². The van der Waals surface area contributed by atoms with E-state index in [0.717, 1.165) is 0 Å². The zero-order valence-electron chi connectivity index (χ0n) is 9.14. The van der Waals surface area contributed by atoms with Crippen molar-refractivity contribution in [2.45, 2.75) is 32.2 Å². The second-order valence-corrected chi connectivity index (χ2v) is 4.32. The first kappa shape index (κ1) is 12.8. The summed E-state index contributed by atoms with van der Waals surface area (Å²) in [6.45, 7) is 3.49. The largest absolute Gasteiger partial charge is 0.573 e. The third-order valence-corrected chi connectivity index (χ3v) is 1.84. The summed E-state index contributed by atoms with van der Waals surface area (Å²) >= 11 is 0. The number of alkyl halides is 3. The van der Waals surface area contributed by atoms with Gasteiger partial charge in [-0.1, -0.05) is 18.2 Å². The third-order valence-electron chi connectivity index (χ3n) is 1.84. The molecule has 0 aromatic heterocycles. The number of benzene rings is 1. The Morgan fingerprint density at radius 1 is 1.19 bits per heavy atom. The van der Waals surface area contributed by atoms with E-state index < -0.39 is 11.9 Å². The van der Waals surface area contributed by atoms with E-state index in [1.807, 2.05) is 0 Å². The van der Waals surface area contributed by atoms with Crippen LogP contribution in [0.1, 0.15) is 19.4 Å². The number of rotatable bonds is 3. The molecule has 0 saturated carbocycles. The molecule has 0 aliphatic rings. The first-order chi connectivity index (χ1) is 7.17. The highest BCUT2D eigenvalue weighted by Crippen LogP contribution is 2.28. The number of nitrogens with two attached hydrogens (primary N) is 1. The minimum Gasteiger partial charge on any atom is -0.406 e. The average molecular weight is 233 g/mol. The van der Waals surface area contributed by atoms with Crippen LogP contribution in [0.4, 0.5) is 13.2 Å². The van der Waals surface area contributed by atoms with E-state index in [1.165, 1.54) is 12.1 Å². The normalized spacial score (nSPS) is 12.6. The topological polar surface area (TPSA) is 35.2 Å². The molecule has 0 bridgehead atoms. The molecule has 0 unspecified atom stereocenters. The van der Waals surface area contributed by atoms with Crippen molar-refractivity contribution in [3.8, 4) is 5.75 Å². The van der Waals surface area contributed by atoms with Crippen LogP contribution in [0, 0.1) is 0 Å². The Morgan fingerprint density at radius 3 is 2.25 bits per heavy atom.